The molecule has 0 saturated carbocycles. The predicted molar refractivity (Wildman–Crippen MR) is 59.0 cm³/mol. The van der Waals surface area contributed by atoms with Crippen molar-refractivity contribution in [2.24, 2.45) is 5.73 Å². The van der Waals surface area contributed by atoms with Gasteiger partial charge in [0.1, 0.15) is 0 Å². The molecular weight excluding hydrogens is 230 g/mol. The average Bonchev–Trinajstić information content (AvgIpc) is 2.65. The lowest BCUT2D eigenvalue weighted by Crippen LogP contribution is -2.23. The number of nitrogens with two attached hydrogens (primary N) is 1. The van der Waals surface area contributed by atoms with Gasteiger partial charge in [0.15, 0.2) is 16.3 Å². The SMILES string of the molecule is CC(Sc1nc2nc[nH]c2c(=O)[nH]1)C(N)=O. The zero-order chi connectivity index (χ0) is 11.7. The largest absolute Gasteiger partial charge is 0.369 e. The quantitative estimate of drug-likeness (QED) is 0.498. The molecule has 1 amide bonds. The van der Waals surface area contributed by atoms with Crippen LogP contribution >= 0.6 is 11.8 Å². The molecule has 0 aliphatic heterocycles. The normalized spacial score (nSPS) is 12.8. The fourth-order valence-electron chi connectivity index (χ4n) is 1.10. The van der Waals surface area contributed by atoms with E-state index < -0.39 is 11.2 Å². The lowest BCUT2D eigenvalue weighted by atomic mass is 10.5. The summed E-state index contributed by atoms with van der Waals surface area (Å²) in [6.07, 6.45) is 1.39. The number of hydrogen-bond acceptors (Lipinski definition) is 5. The average molecular weight is 239 g/mol. The van der Waals surface area contributed by atoms with Gasteiger partial charge in [-0.15, -0.1) is 0 Å². The molecule has 2 aromatic rings. The second kappa shape index (κ2) is 3.97. The first-order valence-electron chi connectivity index (χ1n) is 4.47. The summed E-state index contributed by atoms with van der Waals surface area (Å²) >= 11 is 1.09. The molecule has 0 radical (unpaired) electrons. The molecule has 0 aliphatic carbocycles. The highest BCUT2D eigenvalue weighted by atomic mass is 32.2. The Morgan fingerprint density at radius 1 is 1.62 bits per heavy atom. The van der Waals surface area contributed by atoms with Gasteiger partial charge in [0.2, 0.25) is 5.91 Å². The number of thioether (sulfide) groups is 1. The maximum atomic E-state index is 11.5. The molecule has 84 valence electrons. The minimum atomic E-state index is -0.463. The summed E-state index contributed by atoms with van der Waals surface area (Å²) in [6.45, 7) is 1.64. The van der Waals surface area contributed by atoms with Crippen LogP contribution in [0.25, 0.3) is 11.2 Å². The maximum absolute atomic E-state index is 11.5. The summed E-state index contributed by atoms with van der Waals surface area (Å²) in [4.78, 5) is 35.5. The van der Waals surface area contributed by atoms with Crippen molar-refractivity contribution >= 4 is 28.8 Å². The van der Waals surface area contributed by atoms with Gasteiger partial charge < -0.3 is 10.7 Å². The van der Waals surface area contributed by atoms with Crippen LogP contribution in [0, 0.1) is 0 Å². The fourth-order valence-corrected chi connectivity index (χ4v) is 1.85. The Hall–Kier alpha value is -1.83. The lowest BCUT2D eigenvalue weighted by molar-refractivity contribution is -0.117. The van der Waals surface area contributed by atoms with Crippen LogP contribution < -0.4 is 11.3 Å². The van der Waals surface area contributed by atoms with Gasteiger partial charge in [-0.05, 0) is 6.92 Å². The molecule has 1 unspecified atom stereocenters. The van der Waals surface area contributed by atoms with Crippen LogP contribution in [-0.4, -0.2) is 31.1 Å². The van der Waals surface area contributed by atoms with Gasteiger partial charge in [-0.1, -0.05) is 11.8 Å². The summed E-state index contributed by atoms with van der Waals surface area (Å²) in [5, 5.41) is -0.129. The van der Waals surface area contributed by atoms with E-state index in [0.29, 0.717) is 16.3 Å². The van der Waals surface area contributed by atoms with E-state index in [4.69, 9.17) is 5.73 Å². The second-order valence-electron chi connectivity index (χ2n) is 3.13. The highest BCUT2D eigenvalue weighted by molar-refractivity contribution is 8.00. The molecule has 2 aromatic heterocycles. The van der Waals surface area contributed by atoms with Crippen molar-refractivity contribution in [3.05, 3.63) is 16.7 Å². The Morgan fingerprint density at radius 3 is 3.06 bits per heavy atom. The van der Waals surface area contributed by atoms with Crippen LogP contribution in [0.5, 0.6) is 0 Å². The number of fused-ring (bicyclic) bond motifs is 1. The minimum absolute atomic E-state index is 0.316. The van der Waals surface area contributed by atoms with E-state index in [0.717, 1.165) is 11.8 Å². The van der Waals surface area contributed by atoms with Crippen LogP contribution in [0.2, 0.25) is 0 Å². The summed E-state index contributed by atoms with van der Waals surface area (Å²) in [5.74, 6) is -0.463. The molecule has 0 bridgehead atoms. The van der Waals surface area contributed by atoms with Crippen LogP contribution in [0.1, 0.15) is 6.92 Å². The molecule has 0 aromatic carbocycles. The lowest BCUT2D eigenvalue weighted by Gasteiger charge is -2.04. The summed E-state index contributed by atoms with van der Waals surface area (Å²) < 4.78 is 0. The Bertz CT molecular complexity index is 589. The standard InChI is InChI=1S/C8H9N5O2S/c1-3(5(9)14)16-8-12-6-4(7(15)13-8)10-2-11-6/h2-3H,1H3,(H2,9,14)(H2,10,11,12,13,15). The summed E-state index contributed by atoms with van der Waals surface area (Å²) in [7, 11) is 0. The van der Waals surface area contributed by atoms with Gasteiger partial charge in [-0.2, -0.15) is 0 Å². The second-order valence-corrected chi connectivity index (χ2v) is 4.46. The number of rotatable bonds is 3. The molecule has 0 aliphatic rings. The topological polar surface area (TPSA) is 118 Å². The van der Waals surface area contributed by atoms with E-state index in [-0.39, 0.29) is 5.56 Å². The highest BCUT2D eigenvalue weighted by Crippen LogP contribution is 2.18. The molecule has 2 rings (SSSR count). The molecule has 0 fully saturated rings. The third-order valence-electron chi connectivity index (χ3n) is 1.96. The van der Waals surface area contributed by atoms with Crippen molar-refractivity contribution in [3.63, 3.8) is 0 Å². The molecule has 0 spiro atoms. The number of carbonyl (C=O) groups is 1. The molecule has 2 heterocycles. The number of aromatic amines is 2. The predicted octanol–water partition coefficient (Wildman–Crippen LogP) is -0.388. The number of nitrogens with one attached hydrogen (secondary N) is 2. The Labute approximate surface area is 93.9 Å². The Kier molecular flexibility index (Phi) is 2.65. The third kappa shape index (κ3) is 1.91. The van der Waals surface area contributed by atoms with E-state index in [1.54, 1.807) is 6.92 Å². The number of nitrogens with zero attached hydrogens (tertiary/aromatic N) is 2. The number of carbonyl (C=O) groups excluding carboxylic acids is 1. The zero-order valence-corrected chi connectivity index (χ0v) is 9.17. The van der Waals surface area contributed by atoms with E-state index in [2.05, 4.69) is 19.9 Å². The number of hydrogen-bond donors (Lipinski definition) is 3. The Morgan fingerprint density at radius 2 is 2.38 bits per heavy atom. The first kappa shape index (κ1) is 10.7. The smallest absolute Gasteiger partial charge is 0.277 e. The number of aromatic nitrogens is 4. The highest BCUT2D eigenvalue weighted by Gasteiger charge is 2.13. The van der Waals surface area contributed by atoms with Gasteiger partial charge in [0.05, 0.1) is 11.6 Å². The van der Waals surface area contributed by atoms with Crippen molar-refractivity contribution in [1.82, 2.24) is 19.9 Å². The molecule has 7 nitrogen and oxygen atoms in total. The molecular formula is C8H9N5O2S. The van der Waals surface area contributed by atoms with Crippen LogP contribution in [0.3, 0.4) is 0 Å². The first-order chi connectivity index (χ1) is 7.58. The van der Waals surface area contributed by atoms with Gasteiger partial charge in [-0.25, -0.2) is 9.97 Å². The molecule has 16 heavy (non-hydrogen) atoms. The van der Waals surface area contributed by atoms with Crippen molar-refractivity contribution in [3.8, 4) is 0 Å². The van der Waals surface area contributed by atoms with Crippen LogP contribution in [-0.2, 0) is 4.79 Å². The molecule has 0 saturated heterocycles. The number of imidazole rings is 1. The van der Waals surface area contributed by atoms with Crippen LogP contribution in [0.4, 0.5) is 0 Å². The summed E-state index contributed by atoms with van der Waals surface area (Å²) in [6, 6.07) is 0. The van der Waals surface area contributed by atoms with Crippen molar-refractivity contribution < 1.29 is 4.79 Å². The maximum Gasteiger partial charge on any atom is 0.277 e. The van der Waals surface area contributed by atoms with Gasteiger partial charge in [0, 0.05) is 0 Å². The van der Waals surface area contributed by atoms with E-state index in [1.807, 2.05) is 0 Å². The number of H-pyrrole nitrogens is 2. The van der Waals surface area contributed by atoms with Crippen molar-refractivity contribution in [1.29, 1.82) is 0 Å². The van der Waals surface area contributed by atoms with E-state index in [1.165, 1.54) is 6.33 Å². The van der Waals surface area contributed by atoms with Crippen molar-refractivity contribution in [2.75, 3.05) is 0 Å². The third-order valence-corrected chi connectivity index (χ3v) is 2.97. The molecule has 8 heteroatoms. The first-order valence-corrected chi connectivity index (χ1v) is 5.35. The molecule has 1 atom stereocenters. The monoisotopic (exact) mass is 239 g/mol. The zero-order valence-electron chi connectivity index (χ0n) is 8.35. The van der Waals surface area contributed by atoms with Gasteiger partial charge in [0.25, 0.3) is 5.56 Å². The van der Waals surface area contributed by atoms with E-state index >= 15 is 0 Å². The van der Waals surface area contributed by atoms with Gasteiger partial charge >= 0.3 is 0 Å². The van der Waals surface area contributed by atoms with Crippen molar-refractivity contribution in [2.45, 2.75) is 17.3 Å². The summed E-state index contributed by atoms with van der Waals surface area (Å²) in [5.41, 5.74) is 5.43. The number of primary amides is 1. The molecule has 4 N–H and O–H groups in total. The fraction of sp³-hybridized carbons (Fsp3) is 0.250. The Balaban J connectivity index is 2.39. The van der Waals surface area contributed by atoms with E-state index in [9.17, 15) is 9.59 Å². The minimum Gasteiger partial charge on any atom is -0.369 e. The van der Waals surface area contributed by atoms with Gasteiger partial charge in [-0.3, -0.25) is 14.6 Å². The van der Waals surface area contributed by atoms with Crippen LogP contribution in [0.15, 0.2) is 16.3 Å². The number of amides is 1.